The van der Waals surface area contributed by atoms with Gasteiger partial charge in [0, 0.05) is 29.3 Å². The normalized spacial score (nSPS) is 10.9. The van der Waals surface area contributed by atoms with Gasteiger partial charge in [-0.05, 0) is 12.1 Å². The van der Waals surface area contributed by atoms with Crippen molar-refractivity contribution in [3.63, 3.8) is 0 Å². The van der Waals surface area contributed by atoms with E-state index in [0.29, 0.717) is 30.5 Å². The van der Waals surface area contributed by atoms with E-state index in [-0.39, 0.29) is 0 Å². The third kappa shape index (κ3) is 2.50. The lowest BCUT2D eigenvalue weighted by Gasteiger charge is -1.96. The molecule has 2 N–H and O–H groups in total. The van der Waals surface area contributed by atoms with Gasteiger partial charge in [0.05, 0.1) is 6.33 Å². The zero-order valence-corrected chi connectivity index (χ0v) is 12.1. The molecule has 7 heteroatoms. The molecule has 2 heterocycles. The van der Waals surface area contributed by atoms with E-state index in [1.807, 2.05) is 35.0 Å². The number of hydrogen-bond donors (Lipinski definition) is 1. The highest BCUT2D eigenvalue weighted by Crippen LogP contribution is 2.27. The van der Waals surface area contributed by atoms with E-state index in [2.05, 4.69) is 31.1 Å². The van der Waals surface area contributed by atoms with Gasteiger partial charge >= 0.3 is 0 Å². The quantitative estimate of drug-likeness (QED) is 0.792. The SMILES string of the molecule is NCCn1cnc(-c2nc(-c3ccccc3Br)no2)c1. The summed E-state index contributed by atoms with van der Waals surface area (Å²) in [6.07, 6.45) is 3.54. The fourth-order valence-corrected chi connectivity index (χ4v) is 2.28. The molecule has 3 rings (SSSR count). The van der Waals surface area contributed by atoms with Crippen molar-refractivity contribution in [2.75, 3.05) is 6.54 Å². The van der Waals surface area contributed by atoms with Crippen molar-refractivity contribution in [1.29, 1.82) is 0 Å². The van der Waals surface area contributed by atoms with Crippen LogP contribution in [0.3, 0.4) is 0 Å². The van der Waals surface area contributed by atoms with Crippen LogP contribution in [-0.2, 0) is 6.54 Å². The second-order valence-corrected chi connectivity index (χ2v) is 5.04. The van der Waals surface area contributed by atoms with E-state index in [9.17, 15) is 0 Å². The van der Waals surface area contributed by atoms with E-state index in [1.54, 1.807) is 6.33 Å². The Kier molecular flexibility index (Phi) is 3.62. The third-order valence-electron chi connectivity index (χ3n) is 2.78. The van der Waals surface area contributed by atoms with E-state index in [4.69, 9.17) is 10.3 Å². The molecule has 0 amide bonds. The lowest BCUT2D eigenvalue weighted by molar-refractivity contribution is 0.431. The first kappa shape index (κ1) is 13.0. The van der Waals surface area contributed by atoms with Gasteiger partial charge in [0.1, 0.15) is 5.69 Å². The summed E-state index contributed by atoms with van der Waals surface area (Å²) in [6, 6.07) is 7.71. The summed E-state index contributed by atoms with van der Waals surface area (Å²) in [5.74, 6) is 0.923. The average Bonchev–Trinajstić information content (AvgIpc) is 3.08. The molecule has 0 saturated heterocycles. The van der Waals surface area contributed by atoms with Gasteiger partial charge in [0.25, 0.3) is 5.89 Å². The van der Waals surface area contributed by atoms with Gasteiger partial charge in [-0.3, -0.25) is 0 Å². The lowest BCUT2D eigenvalue weighted by Crippen LogP contribution is -2.07. The number of benzene rings is 1. The van der Waals surface area contributed by atoms with Crippen LogP contribution in [0, 0.1) is 0 Å². The van der Waals surface area contributed by atoms with Gasteiger partial charge in [-0.25, -0.2) is 4.98 Å². The molecule has 0 saturated carbocycles. The van der Waals surface area contributed by atoms with Crippen molar-refractivity contribution in [3.8, 4) is 23.0 Å². The molecule has 0 aliphatic heterocycles. The number of nitrogens with zero attached hydrogens (tertiary/aromatic N) is 4. The maximum absolute atomic E-state index is 5.50. The van der Waals surface area contributed by atoms with Crippen molar-refractivity contribution in [2.24, 2.45) is 5.73 Å². The maximum Gasteiger partial charge on any atom is 0.278 e. The number of halogens is 1. The van der Waals surface area contributed by atoms with Crippen LogP contribution in [0.1, 0.15) is 0 Å². The lowest BCUT2D eigenvalue weighted by atomic mass is 10.2. The van der Waals surface area contributed by atoms with Gasteiger partial charge in [-0.2, -0.15) is 4.98 Å². The molecular formula is C13H12BrN5O. The van der Waals surface area contributed by atoms with Crippen molar-refractivity contribution >= 4 is 15.9 Å². The van der Waals surface area contributed by atoms with Gasteiger partial charge < -0.3 is 14.8 Å². The molecule has 6 nitrogen and oxygen atoms in total. The minimum Gasteiger partial charge on any atom is -0.335 e. The van der Waals surface area contributed by atoms with Crippen molar-refractivity contribution in [2.45, 2.75) is 6.54 Å². The summed E-state index contributed by atoms with van der Waals surface area (Å²) < 4.78 is 8.07. The Morgan fingerprint density at radius 1 is 1.30 bits per heavy atom. The van der Waals surface area contributed by atoms with Gasteiger partial charge in [-0.15, -0.1) is 0 Å². The van der Waals surface area contributed by atoms with E-state index < -0.39 is 0 Å². The fourth-order valence-electron chi connectivity index (χ4n) is 1.82. The van der Waals surface area contributed by atoms with Crippen LogP contribution in [0.4, 0.5) is 0 Å². The summed E-state index contributed by atoms with van der Waals surface area (Å²) in [6.45, 7) is 1.26. The average molecular weight is 334 g/mol. The van der Waals surface area contributed by atoms with E-state index >= 15 is 0 Å². The van der Waals surface area contributed by atoms with Crippen LogP contribution in [0.25, 0.3) is 23.0 Å². The van der Waals surface area contributed by atoms with Crippen molar-refractivity contribution in [1.82, 2.24) is 19.7 Å². The van der Waals surface area contributed by atoms with Crippen LogP contribution < -0.4 is 5.73 Å². The molecule has 1 aromatic carbocycles. The molecule has 0 aliphatic carbocycles. The minimum atomic E-state index is 0.395. The Morgan fingerprint density at radius 2 is 2.15 bits per heavy atom. The third-order valence-corrected chi connectivity index (χ3v) is 3.47. The Hall–Kier alpha value is -1.99. The Balaban J connectivity index is 1.91. The van der Waals surface area contributed by atoms with E-state index in [1.165, 1.54) is 0 Å². The summed E-state index contributed by atoms with van der Waals surface area (Å²) in [7, 11) is 0. The fraction of sp³-hybridized carbons (Fsp3) is 0.154. The zero-order valence-electron chi connectivity index (χ0n) is 10.5. The zero-order chi connectivity index (χ0) is 13.9. The molecule has 3 aromatic rings. The molecule has 0 fully saturated rings. The molecule has 0 spiro atoms. The van der Waals surface area contributed by atoms with E-state index in [0.717, 1.165) is 10.0 Å². The van der Waals surface area contributed by atoms with Crippen molar-refractivity contribution < 1.29 is 4.52 Å². The molecule has 20 heavy (non-hydrogen) atoms. The Morgan fingerprint density at radius 3 is 2.95 bits per heavy atom. The highest BCUT2D eigenvalue weighted by molar-refractivity contribution is 9.10. The summed E-state index contributed by atoms with van der Waals surface area (Å²) in [5.41, 5.74) is 7.02. The van der Waals surface area contributed by atoms with Crippen molar-refractivity contribution in [3.05, 3.63) is 41.3 Å². The topological polar surface area (TPSA) is 82.8 Å². The molecular weight excluding hydrogens is 322 g/mol. The van der Waals surface area contributed by atoms with Crippen LogP contribution >= 0.6 is 15.9 Å². The highest BCUT2D eigenvalue weighted by atomic mass is 79.9. The first-order valence-corrected chi connectivity index (χ1v) is 6.88. The largest absolute Gasteiger partial charge is 0.335 e. The smallest absolute Gasteiger partial charge is 0.278 e. The molecule has 0 radical (unpaired) electrons. The predicted molar refractivity (Wildman–Crippen MR) is 77.7 cm³/mol. The Labute approximate surface area is 123 Å². The highest BCUT2D eigenvalue weighted by Gasteiger charge is 2.14. The number of hydrogen-bond acceptors (Lipinski definition) is 5. The van der Waals surface area contributed by atoms with Gasteiger partial charge in [-0.1, -0.05) is 33.2 Å². The molecule has 102 valence electrons. The van der Waals surface area contributed by atoms with Crippen LogP contribution in [0.15, 0.2) is 45.8 Å². The first-order valence-electron chi connectivity index (χ1n) is 6.09. The second kappa shape index (κ2) is 5.56. The first-order chi connectivity index (χ1) is 9.78. The molecule has 0 aliphatic rings. The van der Waals surface area contributed by atoms with Crippen LogP contribution in [0.2, 0.25) is 0 Å². The minimum absolute atomic E-state index is 0.395. The number of rotatable bonds is 4. The number of nitrogens with two attached hydrogens (primary N) is 1. The predicted octanol–water partition coefficient (Wildman–Crippen LogP) is 2.32. The maximum atomic E-state index is 5.50. The monoisotopic (exact) mass is 333 g/mol. The molecule has 0 bridgehead atoms. The summed E-state index contributed by atoms with van der Waals surface area (Å²) in [4.78, 5) is 8.60. The van der Waals surface area contributed by atoms with Gasteiger partial charge in [0.15, 0.2) is 0 Å². The van der Waals surface area contributed by atoms with Gasteiger partial charge in [0.2, 0.25) is 5.82 Å². The number of aromatic nitrogens is 4. The Bertz CT molecular complexity index is 721. The molecule has 0 atom stereocenters. The summed E-state index contributed by atoms with van der Waals surface area (Å²) >= 11 is 3.47. The molecule has 0 unspecified atom stereocenters. The molecule has 2 aromatic heterocycles. The number of imidazole rings is 1. The summed E-state index contributed by atoms with van der Waals surface area (Å²) in [5, 5.41) is 3.99. The second-order valence-electron chi connectivity index (χ2n) is 4.19. The van der Waals surface area contributed by atoms with Crippen LogP contribution in [0.5, 0.6) is 0 Å². The standard InChI is InChI=1S/C13H12BrN5O/c14-10-4-2-1-3-9(10)12-17-13(20-18-12)11-7-19(6-5-15)8-16-11/h1-4,7-8H,5-6,15H2. The van der Waals surface area contributed by atoms with Crippen LogP contribution in [-0.4, -0.2) is 26.2 Å².